The molecular weight excluding hydrogens is 946 g/mol. The van der Waals surface area contributed by atoms with E-state index in [1.807, 2.05) is 43.3 Å². The maximum atomic E-state index is 16.5. The maximum absolute atomic E-state index is 16.5. The van der Waals surface area contributed by atoms with Crippen LogP contribution in [-0.2, 0) is 15.2 Å². The normalized spacial score (nSPS) is 23.3. The van der Waals surface area contributed by atoms with E-state index in [2.05, 4.69) is 32.6 Å². The third kappa shape index (κ3) is 9.54. The van der Waals surface area contributed by atoms with Crippen molar-refractivity contribution in [2.24, 2.45) is 17.6 Å². The summed E-state index contributed by atoms with van der Waals surface area (Å²) in [5.41, 5.74) is 7.98. The van der Waals surface area contributed by atoms with E-state index >= 15 is 8.78 Å². The number of piperidine rings is 2. The third-order valence-corrected chi connectivity index (χ3v) is 16.4. The summed E-state index contributed by atoms with van der Waals surface area (Å²) in [6.45, 7) is 6.55. The zero-order chi connectivity index (χ0) is 50.3. The number of nitrogens with two attached hydrogens (primary N) is 1. The highest BCUT2D eigenvalue weighted by Crippen LogP contribution is 2.56. The minimum atomic E-state index is -1.10. The minimum absolute atomic E-state index is 0.0475. The summed E-state index contributed by atoms with van der Waals surface area (Å²) >= 11 is 6.72. The molecule has 5 aliphatic rings. The van der Waals surface area contributed by atoms with Gasteiger partial charge in [-0.25, -0.2) is 13.6 Å². The molecule has 5 amide bonds. The highest BCUT2D eigenvalue weighted by atomic mass is 35.5. The van der Waals surface area contributed by atoms with Gasteiger partial charge in [0.25, 0.3) is 0 Å². The van der Waals surface area contributed by atoms with Crippen LogP contribution in [0, 0.1) is 23.5 Å². The minimum Gasteiger partial charge on any atom is -0.488 e. The first-order chi connectivity index (χ1) is 34.8. The summed E-state index contributed by atoms with van der Waals surface area (Å²) in [6.07, 6.45) is 9.00. The lowest BCUT2D eigenvalue weighted by Gasteiger charge is -2.40. The summed E-state index contributed by atoms with van der Waals surface area (Å²) in [6, 6.07) is 19.2. The lowest BCUT2D eigenvalue weighted by atomic mass is 9.77. The number of furan rings is 1. The number of fused-ring (bicyclic) bond motifs is 2. The summed E-state index contributed by atoms with van der Waals surface area (Å²) < 4.78 is 50.5. The number of halogens is 3. The molecule has 10 rings (SSSR count). The smallest absolute Gasteiger partial charge is 0.328 e. The van der Waals surface area contributed by atoms with Gasteiger partial charge in [-0.3, -0.25) is 24.6 Å². The number of ether oxygens (including phenoxy) is 2. The fraction of sp³-hybridized carbons (Fsp3) is 0.455. The van der Waals surface area contributed by atoms with Crippen LogP contribution in [-0.4, -0.2) is 104 Å². The van der Waals surface area contributed by atoms with E-state index < -0.39 is 40.1 Å². The van der Waals surface area contributed by atoms with Gasteiger partial charge in [0.05, 0.1) is 22.9 Å². The average Bonchev–Trinajstić information content (AvgIpc) is 3.94. The number of primary amides is 1. The molecule has 4 aromatic carbocycles. The number of carbonyl (C=O) groups excluding carboxylic acids is 4. The van der Waals surface area contributed by atoms with Crippen molar-refractivity contribution in [2.75, 3.05) is 63.9 Å². The number of aliphatic hydroxyl groups excluding tert-OH is 1. The van der Waals surface area contributed by atoms with Crippen molar-refractivity contribution >= 4 is 52.0 Å². The molecule has 0 spiro atoms. The number of amides is 5. The molecule has 5 aromatic rings. The summed E-state index contributed by atoms with van der Waals surface area (Å²) in [4.78, 5) is 57.1. The third-order valence-electron chi connectivity index (χ3n) is 16.0. The molecule has 1 aliphatic carbocycles. The van der Waals surface area contributed by atoms with Crippen molar-refractivity contribution in [1.29, 1.82) is 0 Å². The highest BCUT2D eigenvalue weighted by molar-refractivity contribution is 6.34. The first-order valence-corrected chi connectivity index (χ1v) is 25.7. The molecule has 72 heavy (non-hydrogen) atoms. The molecule has 14 nitrogen and oxygen atoms in total. The standard InChI is InChI=1S/C55H61ClF2N6O8/c1-32-47-45(28-41(57)50(56)49(47)48-40(52(59)67)13-14-43(51(48)58)70-26-25-65)72-55(32,37-5-3-2-4-6-37)31-60-38-10-7-35(8-11-38)53(68)63-22-15-33(16-23-63)29-62-20-17-34(18-21-62)36-9-12-39-42(30-71-44(39)27-36)64-24-19-46(66)61-54(64)69/h2-6,9,12-14,27-28,30,32-35,38,60,65H,7-8,10-11,15-26,29,31H2,1H3,(H2,59,67)(H,61,66,69). The van der Waals surface area contributed by atoms with E-state index in [9.17, 15) is 24.3 Å². The molecule has 1 aromatic heterocycles. The van der Waals surface area contributed by atoms with Gasteiger partial charge >= 0.3 is 6.03 Å². The zero-order valence-electron chi connectivity index (χ0n) is 40.4. The van der Waals surface area contributed by atoms with Gasteiger partial charge in [0, 0.05) is 85.2 Å². The van der Waals surface area contributed by atoms with Crippen molar-refractivity contribution in [2.45, 2.75) is 88.2 Å². The van der Waals surface area contributed by atoms with Crippen LogP contribution in [0.25, 0.3) is 22.1 Å². The van der Waals surface area contributed by atoms with Gasteiger partial charge in [0.2, 0.25) is 17.7 Å². The van der Waals surface area contributed by atoms with E-state index in [4.69, 9.17) is 31.2 Å². The SMILES string of the molecule is CC1c2c(cc(F)c(Cl)c2-c2c(C(N)=O)ccc(OCCO)c2F)OC1(CNC1CCC(C(=O)N2CCC(CN3CCC(c4ccc5c(N6CCC(=O)NC6=O)coc5c4)CC3)CC2)CC1)c1ccccc1. The molecule has 5 N–H and O–H groups in total. The molecule has 5 heterocycles. The van der Waals surface area contributed by atoms with Gasteiger partial charge in [-0.15, -0.1) is 0 Å². The molecular formula is C55H61ClF2N6O8. The quantitative estimate of drug-likeness (QED) is 0.0842. The predicted octanol–water partition coefficient (Wildman–Crippen LogP) is 8.61. The monoisotopic (exact) mass is 1010 g/mol. The Bertz CT molecular complexity index is 2860. The second-order valence-corrected chi connectivity index (χ2v) is 20.6. The van der Waals surface area contributed by atoms with Crippen molar-refractivity contribution in [3.05, 3.63) is 112 Å². The number of aliphatic hydroxyl groups is 1. The van der Waals surface area contributed by atoms with Crippen LogP contribution in [0.4, 0.5) is 19.3 Å². The number of rotatable bonds is 14. The zero-order valence-corrected chi connectivity index (χ0v) is 41.2. The number of likely N-dealkylation sites (tertiary alicyclic amines) is 2. The van der Waals surface area contributed by atoms with Crippen molar-refractivity contribution in [3.63, 3.8) is 0 Å². The number of hydrogen-bond donors (Lipinski definition) is 4. The van der Waals surface area contributed by atoms with E-state index in [-0.39, 0.29) is 71.6 Å². The van der Waals surface area contributed by atoms with E-state index in [0.29, 0.717) is 36.2 Å². The fourth-order valence-electron chi connectivity index (χ4n) is 12.0. The first-order valence-electron chi connectivity index (χ1n) is 25.3. The van der Waals surface area contributed by atoms with Gasteiger partial charge in [-0.05, 0) is 112 Å². The second kappa shape index (κ2) is 20.8. The van der Waals surface area contributed by atoms with Gasteiger partial charge < -0.3 is 39.8 Å². The second-order valence-electron chi connectivity index (χ2n) is 20.2. The number of carbonyl (C=O) groups is 4. The molecule has 17 heteroatoms. The lowest BCUT2D eigenvalue weighted by molar-refractivity contribution is -0.138. The molecule has 3 saturated heterocycles. The largest absolute Gasteiger partial charge is 0.488 e. The highest BCUT2D eigenvalue weighted by Gasteiger charge is 2.50. The summed E-state index contributed by atoms with van der Waals surface area (Å²) in [5.74, 6) is -2.52. The number of anilines is 1. The van der Waals surface area contributed by atoms with E-state index in [0.717, 1.165) is 101 Å². The average molecular weight is 1010 g/mol. The van der Waals surface area contributed by atoms with Crippen LogP contribution >= 0.6 is 11.6 Å². The maximum Gasteiger partial charge on any atom is 0.328 e. The number of hydrogen-bond acceptors (Lipinski definition) is 10. The van der Waals surface area contributed by atoms with Gasteiger partial charge in [0.1, 0.15) is 30.0 Å². The van der Waals surface area contributed by atoms with E-state index in [1.165, 1.54) is 23.8 Å². The summed E-state index contributed by atoms with van der Waals surface area (Å²) in [5, 5.41) is 16.0. The molecule has 2 atom stereocenters. The van der Waals surface area contributed by atoms with Crippen molar-refractivity contribution in [3.8, 4) is 22.6 Å². The van der Waals surface area contributed by atoms with Crippen LogP contribution in [0.2, 0.25) is 5.02 Å². The molecule has 4 aliphatic heterocycles. The molecule has 1 saturated carbocycles. The Morgan fingerprint density at radius 3 is 2.39 bits per heavy atom. The van der Waals surface area contributed by atoms with Gasteiger partial charge in [-0.2, -0.15) is 0 Å². The Hall–Kier alpha value is -6.07. The van der Waals surface area contributed by atoms with Gasteiger partial charge in [-0.1, -0.05) is 54.9 Å². The van der Waals surface area contributed by atoms with Crippen LogP contribution in [0.5, 0.6) is 11.5 Å². The number of imide groups is 1. The van der Waals surface area contributed by atoms with E-state index in [1.54, 1.807) is 11.2 Å². The number of urea groups is 1. The Kier molecular flexibility index (Phi) is 14.3. The number of nitrogens with one attached hydrogen (secondary N) is 2. The molecule has 2 unspecified atom stereocenters. The molecule has 0 radical (unpaired) electrons. The molecule has 380 valence electrons. The predicted molar refractivity (Wildman–Crippen MR) is 268 cm³/mol. The Balaban J connectivity index is 0.729. The van der Waals surface area contributed by atoms with Crippen molar-refractivity contribution in [1.82, 2.24) is 20.4 Å². The Labute approximate surface area is 422 Å². The van der Waals surface area contributed by atoms with Gasteiger partial charge in [0.15, 0.2) is 17.2 Å². The van der Waals surface area contributed by atoms with Crippen LogP contribution < -0.4 is 30.7 Å². The fourth-order valence-corrected chi connectivity index (χ4v) is 12.3. The topological polar surface area (TPSA) is 180 Å². The van der Waals surface area contributed by atoms with Crippen LogP contribution in [0.3, 0.4) is 0 Å². The van der Waals surface area contributed by atoms with Crippen LogP contribution in [0.1, 0.15) is 104 Å². The Morgan fingerprint density at radius 2 is 1.68 bits per heavy atom. The Morgan fingerprint density at radius 1 is 0.931 bits per heavy atom. The lowest BCUT2D eigenvalue weighted by Crippen LogP contribution is -2.49. The first kappa shape index (κ1) is 49.5. The molecule has 4 fully saturated rings. The number of benzene rings is 4. The molecule has 0 bridgehead atoms. The summed E-state index contributed by atoms with van der Waals surface area (Å²) in [7, 11) is 0. The van der Waals surface area contributed by atoms with Crippen molar-refractivity contribution < 1.29 is 47.0 Å². The van der Waals surface area contributed by atoms with Crippen LogP contribution in [0.15, 0.2) is 77.4 Å². The number of nitrogens with zero attached hydrogens (tertiary/aromatic N) is 3.